The van der Waals surface area contributed by atoms with Crippen LogP contribution in [0.3, 0.4) is 0 Å². The van der Waals surface area contributed by atoms with Gasteiger partial charge in [-0.2, -0.15) is 5.10 Å². The van der Waals surface area contributed by atoms with Gasteiger partial charge in [-0.3, -0.25) is 9.59 Å². The Bertz CT molecular complexity index is 953. The van der Waals surface area contributed by atoms with E-state index in [4.69, 9.17) is 15.2 Å². The molecule has 0 bridgehead atoms. The molecular formula is C19H18N4O4. The molecule has 0 fully saturated rings. The van der Waals surface area contributed by atoms with Gasteiger partial charge in [0.1, 0.15) is 0 Å². The number of nitrogens with two attached hydrogens (primary N) is 1. The Morgan fingerprint density at radius 2 is 1.89 bits per heavy atom. The second-order valence-corrected chi connectivity index (χ2v) is 5.56. The lowest BCUT2D eigenvalue weighted by Gasteiger charge is -2.11. The van der Waals surface area contributed by atoms with E-state index in [-0.39, 0.29) is 18.2 Å². The fraction of sp³-hybridized carbons (Fsp3) is 0.105. The van der Waals surface area contributed by atoms with Crippen molar-refractivity contribution in [2.24, 2.45) is 5.73 Å². The standard InChI is InChI=1S/C19H18N4O4/c1-26-16-8-7-13(11-17(16)27-12-18(20)24)21-19(25)15-9-10-23(22-15)14-5-3-2-4-6-14/h2-11H,12H2,1H3,(H2,20,24)(H,21,25). The molecular weight excluding hydrogens is 348 g/mol. The molecule has 0 unspecified atom stereocenters. The number of aromatic nitrogens is 2. The molecule has 1 aromatic heterocycles. The second-order valence-electron chi connectivity index (χ2n) is 5.56. The highest BCUT2D eigenvalue weighted by atomic mass is 16.5. The Balaban J connectivity index is 1.75. The third-order valence-electron chi connectivity index (χ3n) is 3.63. The molecule has 1 heterocycles. The summed E-state index contributed by atoms with van der Waals surface area (Å²) in [5.74, 6) is -0.278. The van der Waals surface area contributed by atoms with Gasteiger partial charge in [0.25, 0.3) is 11.8 Å². The number of carbonyl (C=O) groups is 2. The number of nitrogens with zero attached hydrogens (tertiary/aromatic N) is 2. The first-order chi connectivity index (χ1) is 13.1. The van der Waals surface area contributed by atoms with Gasteiger partial charge in [-0.25, -0.2) is 4.68 Å². The molecule has 0 aliphatic heterocycles. The normalized spacial score (nSPS) is 10.3. The molecule has 2 aromatic carbocycles. The van der Waals surface area contributed by atoms with Crippen LogP contribution in [0.2, 0.25) is 0 Å². The van der Waals surface area contributed by atoms with E-state index >= 15 is 0 Å². The van der Waals surface area contributed by atoms with Crippen LogP contribution in [-0.2, 0) is 4.79 Å². The summed E-state index contributed by atoms with van der Waals surface area (Å²) >= 11 is 0. The second kappa shape index (κ2) is 8.05. The van der Waals surface area contributed by atoms with Crippen LogP contribution in [0.15, 0.2) is 60.8 Å². The molecule has 0 atom stereocenters. The summed E-state index contributed by atoms with van der Waals surface area (Å²) in [6.07, 6.45) is 1.71. The molecule has 0 saturated carbocycles. The number of primary amides is 1. The number of ether oxygens (including phenoxy) is 2. The lowest BCUT2D eigenvalue weighted by Crippen LogP contribution is -2.20. The Kier molecular flexibility index (Phi) is 5.36. The number of hydrogen-bond acceptors (Lipinski definition) is 5. The fourth-order valence-corrected chi connectivity index (χ4v) is 2.38. The quantitative estimate of drug-likeness (QED) is 0.665. The van der Waals surface area contributed by atoms with Gasteiger partial charge in [0.2, 0.25) is 0 Å². The number of para-hydroxylation sites is 1. The van der Waals surface area contributed by atoms with Crippen LogP contribution in [0.5, 0.6) is 11.5 Å². The van der Waals surface area contributed by atoms with Gasteiger partial charge in [-0.1, -0.05) is 18.2 Å². The first-order valence-electron chi connectivity index (χ1n) is 8.08. The number of amides is 2. The first kappa shape index (κ1) is 18.0. The number of nitrogens with one attached hydrogen (secondary N) is 1. The topological polar surface area (TPSA) is 108 Å². The molecule has 8 nitrogen and oxygen atoms in total. The monoisotopic (exact) mass is 366 g/mol. The zero-order chi connectivity index (χ0) is 19.2. The maximum absolute atomic E-state index is 12.5. The van der Waals surface area contributed by atoms with E-state index in [0.29, 0.717) is 17.2 Å². The van der Waals surface area contributed by atoms with Crippen LogP contribution < -0.4 is 20.5 Å². The van der Waals surface area contributed by atoms with Crippen molar-refractivity contribution >= 4 is 17.5 Å². The van der Waals surface area contributed by atoms with E-state index in [1.54, 1.807) is 35.1 Å². The van der Waals surface area contributed by atoms with Crippen molar-refractivity contribution in [2.75, 3.05) is 19.0 Å². The highest BCUT2D eigenvalue weighted by Crippen LogP contribution is 2.30. The molecule has 0 spiro atoms. The summed E-state index contributed by atoms with van der Waals surface area (Å²) in [5, 5.41) is 7.02. The van der Waals surface area contributed by atoms with Gasteiger partial charge >= 0.3 is 0 Å². The summed E-state index contributed by atoms with van der Waals surface area (Å²) in [5.41, 5.74) is 6.67. The van der Waals surface area contributed by atoms with Gasteiger partial charge in [-0.05, 0) is 30.3 Å². The Morgan fingerprint density at radius 3 is 2.59 bits per heavy atom. The minimum atomic E-state index is -0.613. The molecule has 3 rings (SSSR count). The van der Waals surface area contributed by atoms with Crippen LogP contribution in [0.1, 0.15) is 10.5 Å². The Hall–Kier alpha value is -3.81. The zero-order valence-electron chi connectivity index (χ0n) is 14.6. The lowest BCUT2D eigenvalue weighted by atomic mass is 10.2. The predicted octanol–water partition coefficient (Wildman–Crippen LogP) is 2.00. The van der Waals surface area contributed by atoms with Gasteiger partial charge in [0.05, 0.1) is 12.8 Å². The zero-order valence-corrected chi connectivity index (χ0v) is 14.6. The Morgan fingerprint density at radius 1 is 1.11 bits per heavy atom. The molecule has 3 aromatic rings. The summed E-state index contributed by atoms with van der Waals surface area (Å²) < 4.78 is 12.1. The van der Waals surface area contributed by atoms with Crippen molar-refractivity contribution in [1.29, 1.82) is 0 Å². The van der Waals surface area contributed by atoms with Crippen LogP contribution in [-0.4, -0.2) is 35.3 Å². The molecule has 8 heteroatoms. The number of anilines is 1. The third kappa shape index (κ3) is 4.43. The van der Waals surface area contributed by atoms with E-state index < -0.39 is 5.91 Å². The first-order valence-corrected chi connectivity index (χ1v) is 8.08. The van der Waals surface area contributed by atoms with Crippen LogP contribution in [0.25, 0.3) is 5.69 Å². The summed E-state index contributed by atoms with van der Waals surface area (Å²) in [4.78, 5) is 23.4. The van der Waals surface area contributed by atoms with E-state index in [2.05, 4.69) is 10.4 Å². The van der Waals surface area contributed by atoms with E-state index in [1.165, 1.54) is 7.11 Å². The molecule has 0 radical (unpaired) electrons. The fourth-order valence-electron chi connectivity index (χ4n) is 2.38. The highest BCUT2D eigenvalue weighted by Gasteiger charge is 2.13. The summed E-state index contributed by atoms with van der Waals surface area (Å²) in [6, 6.07) is 15.9. The van der Waals surface area contributed by atoms with Crippen molar-refractivity contribution in [1.82, 2.24) is 9.78 Å². The molecule has 27 heavy (non-hydrogen) atoms. The van der Waals surface area contributed by atoms with Crippen molar-refractivity contribution in [3.8, 4) is 17.2 Å². The Labute approximate surface area is 155 Å². The van der Waals surface area contributed by atoms with Crippen LogP contribution in [0.4, 0.5) is 5.69 Å². The molecule has 3 N–H and O–H groups in total. The number of rotatable bonds is 7. The lowest BCUT2D eigenvalue weighted by molar-refractivity contribution is -0.119. The SMILES string of the molecule is COc1ccc(NC(=O)c2ccn(-c3ccccc3)n2)cc1OCC(N)=O. The summed E-state index contributed by atoms with van der Waals surface area (Å²) in [7, 11) is 1.47. The predicted molar refractivity (Wildman–Crippen MR) is 99.2 cm³/mol. The number of methoxy groups -OCH3 is 1. The molecule has 0 saturated heterocycles. The minimum absolute atomic E-state index is 0.259. The average Bonchev–Trinajstić information content (AvgIpc) is 3.17. The highest BCUT2D eigenvalue weighted by molar-refractivity contribution is 6.03. The third-order valence-corrected chi connectivity index (χ3v) is 3.63. The largest absolute Gasteiger partial charge is 0.493 e. The van der Waals surface area contributed by atoms with Crippen molar-refractivity contribution in [3.63, 3.8) is 0 Å². The molecule has 0 aliphatic carbocycles. The van der Waals surface area contributed by atoms with Crippen molar-refractivity contribution < 1.29 is 19.1 Å². The van der Waals surface area contributed by atoms with Crippen molar-refractivity contribution in [2.45, 2.75) is 0 Å². The number of benzene rings is 2. The van der Waals surface area contributed by atoms with Gasteiger partial charge in [-0.15, -0.1) is 0 Å². The van der Waals surface area contributed by atoms with Crippen LogP contribution in [0, 0.1) is 0 Å². The summed E-state index contributed by atoms with van der Waals surface area (Å²) in [6.45, 7) is -0.296. The van der Waals surface area contributed by atoms with Gasteiger partial charge < -0.3 is 20.5 Å². The molecule has 0 aliphatic rings. The van der Waals surface area contributed by atoms with Crippen LogP contribution >= 0.6 is 0 Å². The van der Waals surface area contributed by atoms with Crippen molar-refractivity contribution in [3.05, 3.63) is 66.5 Å². The van der Waals surface area contributed by atoms with Gasteiger partial charge in [0.15, 0.2) is 23.8 Å². The smallest absolute Gasteiger partial charge is 0.276 e. The minimum Gasteiger partial charge on any atom is -0.493 e. The number of carbonyl (C=O) groups excluding carboxylic acids is 2. The maximum atomic E-state index is 12.5. The van der Waals surface area contributed by atoms with Gasteiger partial charge in [0, 0.05) is 18.0 Å². The number of hydrogen-bond donors (Lipinski definition) is 2. The molecule has 2 amide bonds. The average molecular weight is 366 g/mol. The van der Waals surface area contributed by atoms with E-state index in [0.717, 1.165) is 5.69 Å². The molecule has 138 valence electrons. The van der Waals surface area contributed by atoms with E-state index in [1.807, 2.05) is 30.3 Å². The maximum Gasteiger partial charge on any atom is 0.276 e. The van der Waals surface area contributed by atoms with E-state index in [9.17, 15) is 9.59 Å².